The van der Waals surface area contributed by atoms with E-state index in [1.165, 1.54) is 28.0 Å². The largest absolute Gasteiger partial charge is 0.385 e. The number of hydrogen-bond donors (Lipinski definition) is 1. The van der Waals surface area contributed by atoms with E-state index in [-0.39, 0.29) is 6.04 Å². The van der Waals surface area contributed by atoms with Crippen LogP contribution in [0.5, 0.6) is 0 Å². The smallest absolute Gasteiger partial charge is 0.157 e. The topological polar surface area (TPSA) is 42.3 Å². The van der Waals surface area contributed by atoms with Crippen molar-refractivity contribution in [1.82, 2.24) is 14.7 Å². The highest BCUT2D eigenvalue weighted by Crippen LogP contribution is 2.32. The van der Waals surface area contributed by atoms with Crippen LogP contribution in [0.3, 0.4) is 0 Å². The van der Waals surface area contributed by atoms with E-state index < -0.39 is 0 Å². The van der Waals surface area contributed by atoms with Crippen LogP contribution >= 0.6 is 0 Å². The van der Waals surface area contributed by atoms with Gasteiger partial charge in [0.2, 0.25) is 0 Å². The lowest BCUT2D eigenvalue weighted by Crippen LogP contribution is -2.30. The van der Waals surface area contributed by atoms with Crippen molar-refractivity contribution in [2.75, 3.05) is 25.6 Å². The van der Waals surface area contributed by atoms with Crippen molar-refractivity contribution in [2.45, 2.75) is 72.4 Å². The third kappa shape index (κ3) is 5.93. The maximum absolute atomic E-state index is 5.34. The molecule has 1 atom stereocenters. The fraction of sp³-hybridized carbons (Fsp3) is 0.483. The molecule has 5 heteroatoms. The Morgan fingerprint density at radius 1 is 1.35 bits per heavy atom. The molecule has 34 heavy (non-hydrogen) atoms. The summed E-state index contributed by atoms with van der Waals surface area (Å²) in [6.45, 7) is 19.2. The quantitative estimate of drug-likeness (QED) is 0.347. The molecule has 1 N–H and O–H groups in total. The second kappa shape index (κ2) is 11.9. The number of anilines is 1. The normalized spacial score (nSPS) is 21.1. The Morgan fingerprint density at radius 2 is 2.15 bits per heavy atom. The molecule has 0 saturated carbocycles. The number of hydrogen-bond acceptors (Lipinski definition) is 4. The Morgan fingerprint density at radius 3 is 2.82 bits per heavy atom. The van der Waals surface area contributed by atoms with Crippen LogP contribution in [0.1, 0.15) is 70.7 Å². The summed E-state index contributed by atoms with van der Waals surface area (Å²) in [5.74, 6) is 7.64. The van der Waals surface area contributed by atoms with Gasteiger partial charge in [0.05, 0.1) is 6.04 Å². The van der Waals surface area contributed by atoms with Gasteiger partial charge in [-0.3, -0.25) is 4.68 Å². The highest BCUT2D eigenvalue weighted by molar-refractivity contribution is 5.55. The van der Waals surface area contributed by atoms with Crippen molar-refractivity contribution in [2.24, 2.45) is 0 Å². The molecular formula is C29H40N4O. The van der Waals surface area contributed by atoms with Gasteiger partial charge in [0, 0.05) is 68.7 Å². The van der Waals surface area contributed by atoms with Crippen LogP contribution in [0, 0.1) is 11.8 Å². The standard InChI is InChI=1S/C29H40N4O/c1-8-24(9-2)25-13-11-10-12-14-27(22(5)19-25)30-29-26-20-32(21(3)4)17-15-28(26)33(31-29)23(6)16-18-34-7/h8-9,19,23H,1,3,11,13-18,20H2,2,4-7H3,(H,30,31)/b24-9+,25-19+,27-22+/t23-/m1/s1. The minimum Gasteiger partial charge on any atom is -0.385 e. The molecule has 2 heterocycles. The molecule has 0 spiro atoms. The van der Waals surface area contributed by atoms with Gasteiger partial charge >= 0.3 is 0 Å². The van der Waals surface area contributed by atoms with Gasteiger partial charge in [-0.25, -0.2) is 0 Å². The maximum atomic E-state index is 5.34. The Balaban J connectivity index is 2.03. The summed E-state index contributed by atoms with van der Waals surface area (Å²) < 4.78 is 7.55. The molecule has 0 bridgehead atoms. The Bertz CT molecular complexity index is 1070. The van der Waals surface area contributed by atoms with Crippen LogP contribution < -0.4 is 5.32 Å². The van der Waals surface area contributed by atoms with E-state index in [4.69, 9.17) is 9.84 Å². The molecule has 1 aromatic heterocycles. The lowest BCUT2D eigenvalue weighted by molar-refractivity contribution is 0.177. The Hall–Kier alpha value is -2.97. The molecule has 182 valence electrons. The molecule has 5 nitrogen and oxygen atoms in total. The maximum Gasteiger partial charge on any atom is 0.157 e. The molecule has 0 unspecified atom stereocenters. The van der Waals surface area contributed by atoms with Gasteiger partial charge in [0.15, 0.2) is 5.82 Å². The van der Waals surface area contributed by atoms with Gasteiger partial charge in [-0.2, -0.15) is 5.10 Å². The van der Waals surface area contributed by atoms with E-state index in [1.54, 1.807) is 7.11 Å². The number of nitrogens with one attached hydrogen (secondary N) is 1. The van der Waals surface area contributed by atoms with E-state index in [0.717, 1.165) is 62.6 Å². The molecule has 3 rings (SSSR count). The SMILES string of the molecule is C=CC(=C\C)/C1=C/C(C)=C(/Nc2nn([C@H](C)CCOC)c3c2CN(C(=C)C)CC3)CC#CCC1. The summed E-state index contributed by atoms with van der Waals surface area (Å²) in [4.78, 5) is 2.34. The number of methoxy groups -OCH3 is 1. The van der Waals surface area contributed by atoms with E-state index in [1.807, 2.05) is 6.08 Å². The van der Waals surface area contributed by atoms with Gasteiger partial charge in [-0.1, -0.05) is 37.3 Å². The summed E-state index contributed by atoms with van der Waals surface area (Å²) in [5, 5.41) is 8.80. The fourth-order valence-electron chi connectivity index (χ4n) is 4.59. The van der Waals surface area contributed by atoms with Crippen LogP contribution in [0.2, 0.25) is 0 Å². The van der Waals surface area contributed by atoms with E-state index >= 15 is 0 Å². The minimum absolute atomic E-state index is 0.271. The van der Waals surface area contributed by atoms with Crippen LogP contribution in [-0.4, -0.2) is 34.9 Å². The summed E-state index contributed by atoms with van der Waals surface area (Å²) in [6, 6.07) is 0.271. The molecule has 0 aromatic carbocycles. The summed E-state index contributed by atoms with van der Waals surface area (Å²) >= 11 is 0. The van der Waals surface area contributed by atoms with E-state index in [2.05, 4.69) is 79.7 Å². The first-order valence-corrected chi connectivity index (χ1v) is 12.3. The van der Waals surface area contributed by atoms with E-state index in [9.17, 15) is 0 Å². The van der Waals surface area contributed by atoms with Gasteiger partial charge in [0.1, 0.15) is 0 Å². The van der Waals surface area contributed by atoms with Crippen molar-refractivity contribution < 1.29 is 4.74 Å². The van der Waals surface area contributed by atoms with Gasteiger partial charge in [-0.05, 0) is 57.3 Å². The number of rotatable bonds is 9. The Labute approximate surface area is 205 Å². The molecule has 0 amide bonds. The molecule has 1 aromatic rings. The number of aromatic nitrogens is 2. The molecule has 0 fully saturated rings. The Kier molecular flexibility index (Phi) is 9.01. The number of nitrogens with zero attached hydrogens (tertiary/aromatic N) is 3. The highest BCUT2D eigenvalue weighted by atomic mass is 16.5. The first-order valence-electron chi connectivity index (χ1n) is 12.3. The third-order valence-corrected chi connectivity index (χ3v) is 6.73. The second-order valence-corrected chi connectivity index (χ2v) is 9.19. The fourth-order valence-corrected chi connectivity index (χ4v) is 4.59. The monoisotopic (exact) mass is 460 g/mol. The average Bonchev–Trinajstić information content (AvgIpc) is 3.22. The molecule has 1 aliphatic carbocycles. The van der Waals surface area contributed by atoms with Crippen LogP contribution in [0.4, 0.5) is 5.82 Å². The van der Waals surface area contributed by atoms with Crippen molar-refractivity contribution in [3.8, 4) is 11.8 Å². The summed E-state index contributed by atoms with van der Waals surface area (Å²) in [7, 11) is 1.75. The zero-order chi connectivity index (χ0) is 24.7. The predicted octanol–water partition coefficient (Wildman–Crippen LogP) is 6.30. The number of fused-ring (bicyclic) bond motifs is 1. The van der Waals surface area contributed by atoms with Gasteiger partial charge in [0.25, 0.3) is 0 Å². The average molecular weight is 461 g/mol. The van der Waals surface area contributed by atoms with Gasteiger partial charge < -0.3 is 15.0 Å². The summed E-state index contributed by atoms with van der Waals surface area (Å²) in [5.41, 5.74) is 8.42. The lowest BCUT2D eigenvalue weighted by Gasteiger charge is -2.30. The lowest BCUT2D eigenvalue weighted by atomic mass is 9.98. The van der Waals surface area contributed by atoms with Crippen molar-refractivity contribution >= 4 is 5.82 Å². The third-order valence-electron chi connectivity index (χ3n) is 6.73. The minimum atomic E-state index is 0.271. The van der Waals surface area contributed by atoms with Crippen LogP contribution in [0.25, 0.3) is 0 Å². The first kappa shape index (κ1) is 25.6. The van der Waals surface area contributed by atoms with Crippen LogP contribution in [0.15, 0.2) is 59.5 Å². The van der Waals surface area contributed by atoms with Crippen LogP contribution in [-0.2, 0) is 17.7 Å². The zero-order valence-electron chi connectivity index (χ0n) is 21.6. The van der Waals surface area contributed by atoms with Crippen molar-refractivity contribution in [3.05, 3.63) is 70.8 Å². The first-order chi connectivity index (χ1) is 16.4. The molecule has 1 aliphatic heterocycles. The van der Waals surface area contributed by atoms with Crippen molar-refractivity contribution in [3.63, 3.8) is 0 Å². The molecule has 2 aliphatic rings. The molecule has 0 saturated heterocycles. The zero-order valence-corrected chi connectivity index (χ0v) is 21.6. The predicted molar refractivity (Wildman–Crippen MR) is 142 cm³/mol. The second-order valence-electron chi connectivity index (χ2n) is 9.19. The van der Waals surface area contributed by atoms with Crippen molar-refractivity contribution in [1.29, 1.82) is 0 Å². The number of allylic oxidation sites excluding steroid dienone is 8. The molecule has 0 radical (unpaired) electrons. The summed E-state index contributed by atoms with van der Waals surface area (Å²) in [6.07, 6.45) is 10.7. The number of ether oxygens (including phenoxy) is 1. The highest BCUT2D eigenvalue weighted by Gasteiger charge is 2.27. The molecular weight excluding hydrogens is 420 g/mol. The van der Waals surface area contributed by atoms with Gasteiger partial charge in [-0.15, -0.1) is 5.92 Å². The van der Waals surface area contributed by atoms with E-state index in [0.29, 0.717) is 6.42 Å².